The predicted molar refractivity (Wildman–Crippen MR) is 67.9 cm³/mol. The lowest BCUT2D eigenvalue weighted by Crippen LogP contribution is -2.29. The molecule has 1 amide bonds. The second-order valence-corrected chi connectivity index (χ2v) is 4.59. The zero-order valence-corrected chi connectivity index (χ0v) is 10.3. The molecule has 6 nitrogen and oxygen atoms in total. The highest BCUT2D eigenvalue weighted by Gasteiger charge is 2.25. The quantitative estimate of drug-likeness (QED) is 0.850. The van der Waals surface area contributed by atoms with Gasteiger partial charge in [-0.25, -0.2) is 4.68 Å². The van der Waals surface area contributed by atoms with Crippen molar-refractivity contribution in [3.63, 3.8) is 0 Å². The number of carbonyl (C=O) groups is 1. The van der Waals surface area contributed by atoms with Gasteiger partial charge in [0.25, 0.3) is 5.91 Å². The lowest BCUT2D eigenvalue weighted by Gasteiger charge is -2.15. The van der Waals surface area contributed by atoms with Gasteiger partial charge < -0.3 is 10.0 Å². The highest BCUT2D eigenvalue weighted by Crippen LogP contribution is 2.15. The SMILES string of the molecule is O=C(c1cccc(-n2ccnn2)c1)N1CC[C@@H](O)C1. The number of β-amino-alcohol motifs (C(OH)–C–C–N with tert-alkyl or cyclic N) is 1. The van der Waals surface area contributed by atoms with Crippen LogP contribution in [0.15, 0.2) is 36.7 Å². The van der Waals surface area contributed by atoms with Crippen LogP contribution in [0.5, 0.6) is 0 Å². The summed E-state index contributed by atoms with van der Waals surface area (Å²) in [5.74, 6) is -0.0569. The Morgan fingerprint density at radius 1 is 1.42 bits per heavy atom. The standard InChI is InChI=1S/C13H14N4O2/c18-12-4-6-16(9-12)13(19)10-2-1-3-11(8-10)17-7-5-14-15-17/h1-3,5,7-8,12,18H,4,6,9H2/t12-/m1/s1. The van der Waals surface area contributed by atoms with Crippen LogP contribution in [0.3, 0.4) is 0 Å². The van der Waals surface area contributed by atoms with Crippen LogP contribution in [0.25, 0.3) is 5.69 Å². The molecule has 0 spiro atoms. The molecule has 2 aromatic rings. The molecule has 0 aliphatic carbocycles. The largest absolute Gasteiger partial charge is 0.391 e. The fourth-order valence-electron chi connectivity index (χ4n) is 2.24. The molecule has 1 aliphatic heterocycles. The summed E-state index contributed by atoms with van der Waals surface area (Å²) >= 11 is 0. The van der Waals surface area contributed by atoms with E-state index in [4.69, 9.17) is 0 Å². The van der Waals surface area contributed by atoms with E-state index in [1.54, 1.807) is 34.1 Å². The lowest BCUT2D eigenvalue weighted by molar-refractivity contribution is 0.0765. The minimum atomic E-state index is -0.401. The van der Waals surface area contributed by atoms with Crippen LogP contribution < -0.4 is 0 Å². The number of amides is 1. The maximum absolute atomic E-state index is 12.3. The van der Waals surface area contributed by atoms with Gasteiger partial charge in [-0.2, -0.15) is 0 Å². The molecule has 98 valence electrons. The van der Waals surface area contributed by atoms with Crippen molar-refractivity contribution in [2.75, 3.05) is 13.1 Å². The summed E-state index contributed by atoms with van der Waals surface area (Å²) in [5.41, 5.74) is 1.39. The van der Waals surface area contributed by atoms with Crippen molar-refractivity contribution in [1.29, 1.82) is 0 Å². The number of hydrogen-bond acceptors (Lipinski definition) is 4. The van der Waals surface area contributed by atoms with E-state index in [0.717, 1.165) is 5.69 Å². The van der Waals surface area contributed by atoms with Gasteiger partial charge in [-0.1, -0.05) is 11.3 Å². The van der Waals surface area contributed by atoms with Crippen LogP contribution >= 0.6 is 0 Å². The first-order valence-electron chi connectivity index (χ1n) is 6.18. The highest BCUT2D eigenvalue weighted by molar-refractivity contribution is 5.95. The number of hydrogen-bond donors (Lipinski definition) is 1. The van der Waals surface area contributed by atoms with Crippen molar-refractivity contribution in [2.24, 2.45) is 0 Å². The topological polar surface area (TPSA) is 71.2 Å². The summed E-state index contributed by atoms with van der Waals surface area (Å²) in [5, 5.41) is 17.1. The molecule has 6 heteroatoms. The predicted octanol–water partition coefficient (Wildman–Crippen LogP) is 0.474. The van der Waals surface area contributed by atoms with Crippen LogP contribution in [0.1, 0.15) is 16.8 Å². The lowest BCUT2D eigenvalue weighted by atomic mass is 10.2. The Hall–Kier alpha value is -2.21. The molecule has 1 aromatic carbocycles. The first-order chi connectivity index (χ1) is 9.24. The van der Waals surface area contributed by atoms with Gasteiger partial charge in [0.1, 0.15) is 0 Å². The first-order valence-corrected chi connectivity index (χ1v) is 6.18. The maximum atomic E-state index is 12.3. The Balaban J connectivity index is 1.85. The van der Waals surface area contributed by atoms with Crippen LogP contribution in [0.2, 0.25) is 0 Å². The summed E-state index contributed by atoms with van der Waals surface area (Å²) in [7, 11) is 0. The molecule has 0 bridgehead atoms. The van der Waals surface area contributed by atoms with Gasteiger partial charge in [0.15, 0.2) is 0 Å². The Labute approximate surface area is 110 Å². The molecule has 1 fully saturated rings. The van der Waals surface area contributed by atoms with Crippen molar-refractivity contribution < 1.29 is 9.90 Å². The normalized spacial score (nSPS) is 18.8. The molecule has 1 saturated heterocycles. The zero-order valence-electron chi connectivity index (χ0n) is 10.3. The molecule has 0 unspecified atom stereocenters. The van der Waals surface area contributed by atoms with E-state index in [2.05, 4.69) is 10.3 Å². The molecular formula is C13H14N4O2. The van der Waals surface area contributed by atoms with Crippen molar-refractivity contribution in [2.45, 2.75) is 12.5 Å². The monoisotopic (exact) mass is 258 g/mol. The number of carbonyl (C=O) groups excluding carboxylic acids is 1. The van der Waals surface area contributed by atoms with E-state index in [1.807, 2.05) is 12.1 Å². The molecule has 1 N–H and O–H groups in total. The van der Waals surface area contributed by atoms with E-state index in [1.165, 1.54) is 0 Å². The van der Waals surface area contributed by atoms with E-state index < -0.39 is 6.10 Å². The molecule has 3 rings (SSSR count). The summed E-state index contributed by atoms with van der Waals surface area (Å²) in [4.78, 5) is 14.0. The summed E-state index contributed by atoms with van der Waals surface area (Å²) in [6, 6.07) is 7.23. The van der Waals surface area contributed by atoms with E-state index in [9.17, 15) is 9.90 Å². The van der Waals surface area contributed by atoms with Crippen LogP contribution in [0, 0.1) is 0 Å². The number of rotatable bonds is 2. The third-order valence-corrected chi connectivity index (χ3v) is 3.23. The molecule has 0 radical (unpaired) electrons. The van der Waals surface area contributed by atoms with Crippen LogP contribution in [0.4, 0.5) is 0 Å². The van der Waals surface area contributed by atoms with Gasteiger partial charge in [0.2, 0.25) is 0 Å². The minimum Gasteiger partial charge on any atom is -0.391 e. The number of aromatic nitrogens is 3. The van der Waals surface area contributed by atoms with Crippen LogP contribution in [-0.4, -0.2) is 50.1 Å². The van der Waals surface area contributed by atoms with Crippen molar-refractivity contribution in [3.05, 3.63) is 42.2 Å². The van der Waals surface area contributed by atoms with Crippen molar-refractivity contribution in [3.8, 4) is 5.69 Å². The second-order valence-electron chi connectivity index (χ2n) is 4.59. The average molecular weight is 258 g/mol. The van der Waals surface area contributed by atoms with E-state index in [0.29, 0.717) is 25.1 Å². The Morgan fingerprint density at radius 2 is 2.32 bits per heavy atom. The minimum absolute atomic E-state index is 0.0569. The van der Waals surface area contributed by atoms with Gasteiger partial charge >= 0.3 is 0 Å². The van der Waals surface area contributed by atoms with Gasteiger partial charge in [0.05, 0.1) is 24.2 Å². The van der Waals surface area contributed by atoms with Crippen molar-refractivity contribution in [1.82, 2.24) is 19.9 Å². The number of aliphatic hydroxyl groups excluding tert-OH is 1. The molecule has 2 heterocycles. The highest BCUT2D eigenvalue weighted by atomic mass is 16.3. The van der Waals surface area contributed by atoms with Gasteiger partial charge in [0, 0.05) is 18.7 Å². The van der Waals surface area contributed by atoms with Crippen LogP contribution in [-0.2, 0) is 0 Å². The van der Waals surface area contributed by atoms with E-state index >= 15 is 0 Å². The number of aliphatic hydroxyl groups is 1. The maximum Gasteiger partial charge on any atom is 0.254 e. The Bertz CT molecular complexity index is 582. The van der Waals surface area contributed by atoms with Crippen molar-refractivity contribution >= 4 is 5.91 Å². The number of likely N-dealkylation sites (tertiary alicyclic amines) is 1. The van der Waals surface area contributed by atoms with Gasteiger partial charge in [-0.15, -0.1) is 5.10 Å². The fraction of sp³-hybridized carbons (Fsp3) is 0.308. The molecule has 1 atom stereocenters. The van der Waals surface area contributed by atoms with Gasteiger partial charge in [-0.3, -0.25) is 4.79 Å². The Morgan fingerprint density at radius 3 is 3.00 bits per heavy atom. The number of nitrogens with zero attached hydrogens (tertiary/aromatic N) is 4. The summed E-state index contributed by atoms with van der Waals surface area (Å²) in [6.07, 6.45) is 3.56. The Kier molecular flexibility index (Phi) is 3.00. The molecular weight excluding hydrogens is 244 g/mol. The fourth-order valence-corrected chi connectivity index (χ4v) is 2.24. The summed E-state index contributed by atoms with van der Waals surface area (Å²) in [6.45, 7) is 1.01. The van der Waals surface area contributed by atoms with Gasteiger partial charge in [-0.05, 0) is 24.6 Å². The summed E-state index contributed by atoms with van der Waals surface area (Å²) < 4.78 is 1.61. The molecule has 19 heavy (non-hydrogen) atoms. The third kappa shape index (κ3) is 2.34. The second kappa shape index (κ2) is 4.81. The third-order valence-electron chi connectivity index (χ3n) is 3.23. The first kappa shape index (κ1) is 11.9. The number of benzene rings is 1. The smallest absolute Gasteiger partial charge is 0.254 e. The molecule has 0 saturated carbocycles. The molecule has 1 aliphatic rings. The average Bonchev–Trinajstić information content (AvgIpc) is 3.09. The van der Waals surface area contributed by atoms with E-state index in [-0.39, 0.29) is 5.91 Å². The molecule has 1 aromatic heterocycles. The zero-order chi connectivity index (χ0) is 13.2.